The van der Waals surface area contributed by atoms with Crippen LogP contribution in [0.3, 0.4) is 0 Å². The Morgan fingerprint density at radius 3 is 2.81 bits per heavy atom. The molecule has 1 atom stereocenters. The molecule has 0 radical (unpaired) electrons. The second-order valence-corrected chi connectivity index (χ2v) is 3.09. The van der Waals surface area contributed by atoms with Crippen LogP contribution in [-0.2, 0) is 22.1 Å². The summed E-state index contributed by atoms with van der Waals surface area (Å²) in [5.74, 6) is 0. The summed E-state index contributed by atoms with van der Waals surface area (Å²) in [7, 11) is 0. The summed E-state index contributed by atoms with van der Waals surface area (Å²) in [6, 6.07) is 0. The lowest BCUT2D eigenvalue weighted by molar-refractivity contribution is -0.142. The minimum atomic E-state index is -4.52. The molecule has 0 aliphatic rings. The van der Waals surface area contributed by atoms with E-state index >= 15 is 0 Å². The van der Waals surface area contributed by atoms with Gasteiger partial charge in [0.25, 0.3) is 0 Å². The van der Waals surface area contributed by atoms with Gasteiger partial charge < -0.3 is 9.53 Å². The van der Waals surface area contributed by atoms with Crippen LogP contribution >= 0.6 is 0 Å². The highest BCUT2D eigenvalue weighted by molar-refractivity contribution is 5.57. The molecule has 0 aromatic carbocycles. The highest BCUT2D eigenvalue weighted by Crippen LogP contribution is 2.30. The number of aromatic amines is 1. The fraction of sp³-hybridized carbons (Fsp3) is 0.556. The van der Waals surface area contributed by atoms with Crippen LogP contribution in [0.25, 0.3) is 0 Å². The number of carbonyl (C=O) groups is 1. The average Bonchev–Trinajstić information content (AvgIpc) is 2.64. The van der Waals surface area contributed by atoms with Crippen molar-refractivity contribution in [2.45, 2.75) is 25.6 Å². The lowest BCUT2D eigenvalue weighted by Crippen LogP contribution is -2.19. The number of ether oxygens (including phenoxy) is 1. The standard InChI is InChI=1S/C9H11F3N2O2/c1-2-16-7(5-15)3-6-4-13-14-8(6)9(10,11)12/h4-5,7H,2-3H2,1H3,(H,13,14). The van der Waals surface area contributed by atoms with Crippen molar-refractivity contribution in [3.8, 4) is 0 Å². The number of rotatable bonds is 5. The molecular formula is C9H11F3N2O2. The normalized spacial score (nSPS) is 13.8. The molecule has 1 rings (SSSR count). The molecule has 7 heteroatoms. The Kier molecular flexibility index (Phi) is 4.05. The Balaban J connectivity index is 2.81. The first-order chi connectivity index (χ1) is 7.49. The van der Waals surface area contributed by atoms with Gasteiger partial charge in [-0.2, -0.15) is 18.3 Å². The zero-order valence-electron chi connectivity index (χ0n) is 8.54. The lowest BCUT2D eigenvalue weighted by atomic mass is 10.1. The number of nitrogens with zero attached hydrogens (tertiary/aromatic N) is 1. The van der Waals surface area contributed by atoms with E-state index in [1.165, 1.54) is 0 Å². The van der Waals surface area contributed by atoms with E-state index in [4.69, 9.17) is 4.74 Å². The number of alkyl halides is 3. The number of nitrogens with one attached hydrogen (secondary N) is 1. The zero-order chi connectivity index (χ0) is 12.2. The van der Waals surface area contributed by atoms with Crippen molar-refractivity contribution in [1.82, 2.24) is 10.2 Å². The fourth-order valence-electron chi connectivity index (χ4n) is 1.29. The van der Waals surface area contributed by atoms with Crippen molar-refractivity contribution in [3.05, 3.63) is 17.5 Å². The van der Waals surface area contributed by atoms with Crippen molar-refractivity contribution >= 4 is 6.29 Å². The first-order valence-corrected chi connectivity index (χ1v) is 4.65. The van der Waals surface area contributed by atoms with Crippen molar-refractivity contribution in [2.75, 3.05) is 6.61 Å². The van der Waals surface area contributed by atoms with Crippen molar-refractivity contribution in [2.24, 2.45) is 0 Å². The molecule has 0 fully saturated rings. The first kappa shape index (κ1) is 12.7. The second-order valence-electron chi connectivity index (χ2n) is 3.09. The van der Waals surface area contributed by atoms with E-state index in [0.29, 0.717) is 6.29 Å². The van der Waals surface area contributed by atoms with Gasteiger partial charge in [-0.1, -0.05) is 0 Å². The molecule has 90 valence electrons. The predicted octanol–water partition coefficient (Wildman–Crippen LogP) is 1.57. The Hall–Kier alpha value is -1.37. The summed E-state index contributed by atoms with van der Waals surface area (Å²) < 4.78 is 42.2. The van der Waals surface area contributed by atoms with Crippen molar-refractivity contribution in [1.29, 1.82) is 0 Å². The number of H-pyrrole nitrogens is 1. The highest BCUT2D eigenvalue weighted by Gasteiger charge is 2.36. The van der Waals surface area contributed by atoms with Gasteiger partial charge in [-0.05, 0) is 6.92 Å². The molecule has 0 spiro atoms. The van der Waals surface area contributed by atoms with E-state index in [1.807, 2.05) is 0 Å². The van der Waals surface area contributed by atoms with Crippen LogP contribution in [0.4, 0.5) is 13.2 Å². The molecule has 4 nitrogen and oxygen atoms in total. The smallest absolute Gasteiger partial charge is 0.371 e. The Labute approximate surface area is 89.8 Å². The van der Waals surface area contributed by atoms with Gasteiger partial charge in [0.2, 0.25) is 0 Å². The van der Waals surface area contributed by atoms with Gasteiger partial charge in [-0.3, -0.25) is 5.10 Å². The van der Waals surface area contributed by atoms with Gasteiger partial charge in [0.05, 0.1) is 0 Å². The average molecular weight is 236 g/mol. The number of hydrogen-bond donors (Lipinski definition) is 1. The quantitative estimate of drug-likeness (QED) is 0.789. The zero-order valence-corrected chi connectivity index (χ0v) is 8.54. The summed E-state index contributed by atoms with van der Waals surface area (Å²) in [6.07, 6.45) is -3.92. The maximum atomic E-state index is 12.4. The molecule has 1 N–H and O–H groups in total. The van der Waals surface area contributed by atoms with E-state index in [2.05, 4.69) is 10.2 Å². The Bertz CT molecular complexity index is 349. The van der Waals surface area contributed by atoms with Crippen LogP contribution in [0, 0.1) is 0 Å². The molecular weight excluding hydrogens is 225 g/mol. The number of aromatic nitrogens is 2. The summed E-state index contributed by atoms with van der Waals surface area (Å²) in [4.78, 5) is 10.5. The van der Waals surface area contributed by atoms with Crippen LogP contribution in [0.15, 0.2) is 6.20 Å². The van der Waals surface area contributed by atoms with Crippen LogP contribution in [0.2, 0.25) is 0 Å². The maximum Gasteiger partial charge on any atom is 0.435 e. The number of halogens is 3. The van der Waals surface area contributed by atoms with Gasteiger partial charge in [0.15, 0.2) is 5.69 Å². The molecule has 0 amide bonds. The van der Waals surface area contributed by atoms with E-state index in [9.17, 15) is 18.0 Å². The summed E-state index contributed by atoms with van der Waals surface area (Å²) >= 11 is 0. The number of hydrogen-bond acceptors (Lipinski definition) is 3. The minimum absolute atomic E-state index is 0.0712. The lowest BCUT2D eigenvalue weighted by Gasteiger charge is -2.11. The van der Waals surface area contributed by atoms with E-state index in [-0.39, 0.29) is 18.6 Å². The predicted molar refractivity (Wildman–Crippen MR) is 48.8 cm³/mol. The maximum absolute atomic E-state index is 12.4. The molecule has 1 aromatic heterocycles. The van der Waals surface area contributed by atoms with Gasteiger partial charge in [-0.15, -0.1) is 0 Å². The Morgan fingerprint density at radius 1 is 1.62 bits per heavy atom. The molecule has 16 heavy (non-hydrogen) atoms. The summed E-state index contributed by atoms with van der Waals surface area (Å²) in [5, 5.41) is 5.25. The molecule has 0 aliphatic carbocycles. The molecule has 0 saturated carbocycles. The number of carbonyl (C=O) groups excluding carboxylic acids is 1. The molecule has 0 bridgehead atoms. The largest absolute Gasteiger partial charge is 0.435 e. The fourth-order valence-corrected chi connectivity index (χ4v) is 1.29. The van der Waals surface area contributed by atoms with Gasteiger partial charge >= 0.3 is 6.18 Å². The van der Waals surface area contributed by atoms with Crippen LogP contribution in [0.1, 0.15) is 18.2 Å². The minimum Gasteiger partial charge on any atom is -0.371 e. The summed E-state index contributed by atoms with van der Waals surface area (Å²) in [6.45, 7) is 1.93. The first-order valence-electron chi connectivity index (χ1n) is 4.65. The SMILES string of the molecule is CCOC(C=O)Cc1c[nH]nc1C(F)(F)F. The van der Waals surface area contributed by atoms with E-state index < -0.39 is 18.0 Å². The van der Waals surface area contributed by atoms with Crippen LogP contribution in [0.5, 0.6) is 0 Å². The third-order valence-corrected chi connectivity index (χ3v) is 1.94. The highest BCUT2D eigenvalue weighted by atomic mass is 19.4. The monoisotopic (exact) mass is 236 g/mol. The molecule has 1 heterocycles. The van der Waals surface area contributed by atoms with Crippen LogP contribution < -0.4 is 0 Å². The third-order valence-electron chi connectivity index (χ3n) is 1.94. The second kappa shape index (κ2) is 5.11. The Morgan fingerprint density at radius 2 is 2.31 bits per heavy atom. The van der Waals surface area contributed by atoms with E-state index in [1.54, 1.807) is 6.92 Å². The van der Waals surface area contributed by atoms with Crippen LogP contribution in [-0.4, -0.2) is 29.2 Å². The number of aldehydes is 1. The molecule has 1 unspecified atom stereocenters. The van der Waals surface area contributed by atoms with Crippen molar-refractivity contribution in [3.63, 3.8) is 0 Å². The van der Waals surface area contributed by atoms with Crippen molar-refractivity contribution < 1.29 is 22.7 Å². The molecule has 0 aliphatic heterocycles. The van der Waals surface area contributed by atoms with E-state index in [0.717, 1.165) is 6.20 Å². The van der Waals surface area contributed by atoms with Gasteiger partial charge in [-0.25, -0.2) is 0 Å². The van der Waals surface area contributed by atoms with Gasteiger partial charge in [0.1, 0.15) is 12.4 Å². The molecule has 1 aromatic rings. The van der Waals surface area contributed by atoms with Gasteiger partial charge in [0, 0.05) is 24.8 Å². The topological polar surface area (TPSA) is 55.0 Å². The summed E-state index contributed by atoms with van der Waals surface area (Å²) in [5.41, 5.74) is -1.07. The third kappa shape index (κ3) is 3.06. The molecule has 0 saturated heterocycles.